The molecule has 242 valence electrons. The van der Waals surface area contributed by atoms with Crippen LogP contribution in [0.3, 0.4) is 0 Å². The highest BCUT2D eigenvalue weighted by atomic mass is 79.9. The monoisotopic (exact) mass is 703 g/mol. The largest absolute Gasteiger partial charge is 0.354 e. The molecule has 0 aliphatic rings. The van der Waals surface area contributed by atoms with E-state index in [1.54, 1.807) is 30.3 Å². The molecule has 4 rings (SSSR count). The molecule has 0 saturated carbocycles. The molecule has 0 heterocycles. The summed E-state index contributed by atoms with van der Waals surface area (Å²) in [6, 6.07) is 31.5. The molecule has 0 saturated heterocycles. The Morgan fingerprint density at radius 3 is 1.98 bits per heavy atom. The standard InChI is InChI=1S/C37H42BrN3O4S/c1-27(2)24-39-37(43)35(23-29-12-7-5-8-13-29)40(25-30-14-11-15-32(38)22-30)36(42)26-41(33-20-18-31(19-21-33)28(3)4)46(44,45)34-16-9-6-10-17-34/h5-22,27-28,35H,23-26H2,1-4H3,(H,39,43). The first-order valence-electron chi connectivity index (χ1n) is 15.5. The summed E-state index contributed by atoms with van der Waals surface area (Å²) < 4.78 is 30.3. The molecule has 0 aromatic heterocycles. The number of nitrogens with one attached hydrogen (secondary N) is 1. The van der Waals surface area contributed by atoms with Crippen molar-refractivity contribution >= 4 is 43.5 Å². The van der Waals surface area contributed by atoms with Gasteiger partial charge in [-0.1, -0.05) is 116 Å². The zero-order valence-electron chi connectivity index (χ0n) is 26.8. The first-order chi connectivity index (χ1) is 22.0. The molecule has 0 bridgehead atoms. The number of anilines is 1. The number of nitrogens with zero attached hydrogens (tertiary/aromatic N) is 2. The lowest BCUT2D eigenvalue weighted by Crippen LogP contribution is -2.53. The lowest BCUT2D eigenvalue weighted by atomic mass is 10.0. The molecule has 46 heavy (non-hydrogen) atoms. The molecular formula is C37H42BrN3O4S. The van der Waals surface area contributed by atoms with Crippen molar-refractivity contribution in [2.24, 2.45) is 5.92 Å². The minimum absolute atomic E-state index is 0.0739. The number of halogens is 1. The number of hydrogen-bond donors (Lipinski definition) is 1. The summed E-state index contributed by atoms with van der Waals surface area (Å²) in [7, 11) is -4.14. The summed E-state index contributed by atoms with van der Waals surface area (Å²) in [6.45, 7) is 8.20. The van der Waals surface area contributed by atoms with Crippen LogP contribution in [-0.2, 0) is 32.6 Å². The summed E-state index contributed by atoms with van der Waals surface area (Å²) in [4.78, 5) is 30.0. The minimum Gasteiger partial charge on any atom is -0.354 e. The van der Waals surface area contributed by atoms with E-state index >= 15 is 0 Å². The lowest BCUT2D eigenvalue weighted by molar-refractivity contribution is -0.140. The third-order valence-electron chi connectivity index (χ3n) is 7.66. The van der Waals surface area contributed by atoms with Crippen LogP contribution in [-0.4, -0.2) is 44.3 Å². The SMILES string of the molecule is CC(C)CNC(=O)C(Cc1ccccc1)N(Cc1cccc(Br)c1)C(=O)CN(c1ccc(C(C)C)cc1)S(=O)(=O)c1ccccc1. The van der Waals surface area contributed by atoms with Gasteiger partial charge in [-0.15, -0.1) is 0 Å². The van der Waals surface area contributed by atoms with Gasteiger partial charge in [0.15, 0.2) is 0 Å². The predicted molar refractivity (Wildman–Crippen MR) is 188 cm³/mol. The highest BCUT2D eigenvalue weighted by Crippen LogP contribution is 2.27. The third-order valence-corrected chi connectivity index (χ3v) is 9.94. The Hall–Kier alpha value is -3.95. The van der Waals surface area contributed by atoms with Crippen molar-refractivity contribution in [3.05, 3.63) is 130 Å². The molecule has 1 N–H and O–H groups in total. The Labute approximate surface area is 281 Å². The molecule has 0 spiro atoms. The fourth-order valence-electron chi connectivity index (χ4n) is 5.08. The van der Waals surface area contributed by atoms with E-state index in [1.807, 2.05) is 80.6 Å². The predicted octanol–water partition coefficient (Wildman–Crippen LogP) is 7.18. The number of rotatable bonds is 14. The highest BCUT2D eigenvalue weighted by molar-refractivity contribution is 9.10. The molecule has 0 radical (unpaired) electrons. The average Bonchev–Trinajstić information content (AvgIpc) is 3.05. The van der Waals surface area contributed by atoms with E-state index in [2.05, 4.69) is 35.1 Å². The van der Waals surface area contributed by atoms with Gasteiger partial charge in [-0.2, -0.15) is 0 Å². The van der Waals surface area contributed by atoms with Gasteiger partial charge in [-0.3, -0.25) is 13.9 Å². The van der Waals surface area contributed by atoms with Gasteiger partial charge in [0, 0.05) is 24.0 Å². The molecule has 4 aromatic carbocycles. The second-order valence-electron chi connectivity index (χ2n) is 12.1. The zero-order chi connectivity index (χ0) is 33.3. The van der Waals surface area contributed by atoms with E-state index < -0.39 is 28.5 Å². The molecule has 0 aliphatic heterocycles. The van der Waals surface area contributed by atoms with Crippen molar-refractivity contribution in [1.29, 1.82) is 0 Å². The molecule has 2 amide bonds. The molecule has 1 atom stereocenters. The average molecular weight is 705 g/mol. The van der Waals surface area contributed by atoms with Crippen LogP contribution < -0.4 is 9.62 Å². The summed E-state index contributed by atoms with van der Waals surface area (Å²) >= 11 is 3.52. The number of carbonyl (C=O) groups is 2. The van der Waals surface area contributed by atoms with Gasteiger partial charge in [0.25, 0.3) is 10.0 Å². The Bertz CT molecular complexity index is 1700. The molecule has 0 fully saturated rings. The molecule has 1 unspecified atom stereocenters. The number of hydrogen-bond acceptors (Lipinski definition) is 4. The van der Waals surface area contributed by atoms with E-state index in [9.17, 15) is 18.0 Å². The van der Waals surface area contributed by atoms with Crippen molar-refractivity contribution < 1.29 is 18.0 Å². The first-order valence-corrected chi connectivity index (χ1v) is 17.7. The Morgan fingerprint density at radius 1 is 0.783 bits per heavy atom. The van der Waals surface area contributed by atoms with E-state index in [1.165, 1.54) is 17.0 Å². The maximum Gasteiger partial charge on any atom is 0.264 e. The zero-order valence-corrected chi connectivity index (χ0v) is 29.2. The molecule has 4 aromatic rings. The van der Waals surface area contributed by atoms with Crippen LogP contribution in [0.4, 0.5) is 5.69 Å². The topological polar surface area (TPSA) is 86.8 Å². The van der Waals surface area contributed by atoms with Gasteiger partial charge >= 0.3 is 0 Å². The fraction of sp³-hybridized carbons (Fsp3) is 0.297. The van der Waals surface area contributed by atoms with Crippen LogP contribution in [0.1, 0.15) is 50.3 Å². The van der Waals surface area contributed by atoms with Gasteiger partial charge in [0.05, 0.1) is 10.6 Å². The molecular weight excluding hydrogens is 662 g/mol. The second-order valence-corrected chi connectivity index (χ2v) is 14.8. The smallest absolute Gasteiger partial charge is 0.264 e. The molecule has 9 heteroatoms. The van der Waals surface area contributed by atoms with E-state index in [-0.39, 0.29) is 35.6 Å². The van der Waals surface area contributed by atoms with Gasteiger partial charge in [0.2, 0.25) is 11.8 Å². The molecule has 7 nitrogen and oxygen atoms in total. The highest BCUT2D eigenvalue weighted by Gasteiger charge is 2.34. The first kappa shape index (κ1) is 34.9. The van der Waals surface area contributed by atoms with Gasteiger partial charge in [-0.05, 0) is 64.9 Å². The Morgan fingerprint density at radius 2 is 1.39 bits per heavy atom. The number of carbonyl (C=O) groups excluding carboxylic acids is 2. The van der Waals surface area contributed by atoms with Crippen molar-refractivity contribution in [2.45, 2.75) is 57.5 Å². The second kappa shape index (κ2) is 16.1. The van der Waals surface area contributed by atoms with E-state index in [0.717, 1.165) is 25.5 Å². The number of amides is 2. The van der Waals surface area contributed by atoms with Crippen molar-refractivity contribution in [3.63, 3.8) is 0 Å². The van der Waals surface area contributed by atoms with Crippen LogP contribution in [0.25, 0.3) is 0 Å². The summed E-state index contributed by atoms with van der Waals surface area (Å²) in [5.41, 5.74) is 3.11. The van der Waals surface area contributed by atoms with E-state index in [0.29, 0.717) is 12.2 Å². The van der Waals surface area contributed by atoms with Crippen molar-refractivity contribution in [2.75, 3.05) is 17.4 Å². The van der Waals surface area contributed by atoms with Crippen molar-refractivity contribution in [3.8, 4) is 0 Å². The van der Waals surface area contributed by atoms with Crippen LogP contribution in [0, 0.1) is 5.92 Å². The number of benzene rings is 4. The third kappa shape index (κ3) is 9.30. The summed E-state index contributed by atoms with van der Waals surface area (Å²) in [6.07, 6.45) is 0.263. The van der Waals surface area contributed by atoms with Gasteiger partial charge in [-0.25, -0.2) is 8.42 Å². The quantitative estimate of drug-likeness (QED) is 0.151. The van der Waals surface area contributed by atoms with Crippen LogP contribution in [0.2, 0.25) is 0 Å². The van der Waals surface area contributed by atoms with Crippen LogP contribution >= 0.6 is 15.9 Å². The van der Waals surface area contributed by atoms with Crippen LogP contribution in [0.5, 0.6) is 0 Å². The van der Waals surface area contributed by atoms with Gasteiger partial charge < -0.3 is 10.2 Å². The van der Waals surface area contributed by atoms with E-state index in [4.69, 9.17) is 0 Å². The summed E-state index contributed by atoms with van der Waals surface area (Å²) in [5.74, 6) is -0.331. The maximum absolute atomic E-state index is 14.6. The fourth-order valence-corrected chi connectivity index (χ4v) is 6.96. The minimum atomic E-state index is -4.14. The van der Waals surface area contributed by atoms with Crippen molar-refractivity contribution in [1.82, 2.24) is 10.2 Å². The number of sulfonamides is 1. The Balaban J connectivity index is 1.80. The summed E-state index contributed by atoms with van der Waals surface area (Å²) in [5, 5.41) is 3.02. The lowest BCUT2D eigenvalue weighted by Gasteiger charge is -2.34. The van der Waals surface area contributed by atoms with Crippen LogP contribution in [0.15, 0.2) is 119 Å². The Kier molecular flexibility index (Phi) is 12.2. The normalized spacial score (nSPS) is 12.2. The van der Waals surface area contributed by atoms with Gasteiger partial charge in [0.1, 0.15) is 12.6 Å². The molecule has 0 aliphatic carbocycles. The maximum atomic E-state index is 14.6.